The molecule has 0 bridgehead atoms. The molecule has 6 rings (SSSR count). The van der Waals surface area contributed by atoms with Crippen LogP contribution in [-0.2, 0) is 11.8 Å². The normalized spacial score (nSPS) is 15.4. The topological polar surface area (TPSA) is 94.4 Å². The lowest BCUT2D eigenvalue weighted by Gasteiger charge is -2.28. The number of aryl methyl sites for hydroxylation is 2. The summed E-state index contributed by atoms with van der Waals surface area (Å²) in [5.74, 6) is 3.12. The van der Waals surface area contributed by atoms with Crippen LogP contribution in [0.3, 0.4) is 0 Å². The van der Waals surface area contributed by atoms with E-state index in [1.807, 2.05) is 91.9 Å². The molecule has 9 nitrogen and oxygen atoms in total. The van der Waals surface area contributed by atoms with Gasteiger partial charge in [0.1, 0.15) is 35.5 Å². The number of fused-ring (bicyclic) bond motifs is 2. The molecular formula is C33H36N6O3. The Bertz CT molecular complexity index is 1780. The molecule has 9 heteroatoms. The molecule has 3 aromatic carbocycles. The number of anilines is 2. The van der Waals surface area contributed by atoms with Crippen LogP contribution in [0.25, 0.3) is 21.9 Å². The van der Waals surface area contributed by atoms with Crippen molar-refractivity contribution in [2.45, 2.75) is 46.6 Å². The minimum Gasteiger partial charge on any atom is -0.488 e. The highest BCUT2D eigenvalue weighted by atomic mass is 16.5. The van der Waals surface area contributed by atoms with Crippen LogP contribution >= 0.6 is 0 Å². The summed E-state index contributed by atoms with van der Waals surface area (Å²) in [5.41, 5.74) is 4.27. The van der Waals surface area contributed by atoms with Gasteiger partial charge < -0.3 is 24.3 Å². The Hall–Kier alpha value is -4.66. The van der Waals surface area contributed by atoms with Crippen LogP contribution in [0.5, 0.6) is 17.2 Å². The predicted molar refractivity (Wildman–Crippen MR) is 164 cm³/mol. The summed E-state index contributed by atoms with van der Waals surface area (Å²) in [6.45, 7) is 9.39. The molecule has 1 aliphatic rings. The lowest BCUT2D eigenvalue weighted by atomic mass is 9.89. The summed E-state index contributed by atoms with van der Waals surface area (Å²) < 4.78 is 14.5. The van der Waals surface area contributed by atoms with E-state index in [1.54, 1.807) is 12.7 Å². The summed E-state index contributed by atoms with van der Waals surface area (Å²) in [6.07, 6.45) is 4.92. The van der Waals surface area contributed by atoms with Gasteiger partial charge in [0, 0.05) is 42.6 Å². The molecule has 1 fully saturated rings. The van der Waals surface area contributed by atoms with Gasteiger partial charge in [-0.3, -0.25) is 4.79 Å². The minimum atomic E-state index is -0.355. The molecule has 3 heterocycles. The molecule has 0 spiro atoms. The number of aromatic nitrogens is 4. The monoisotopic (exact) mass is 564 g/mol. The summed E-state index contributed by atoms with van der Waals surface area (Å²) in [7, 11) is 1.97. The lowest BCUT2D eigenvalue weighted by Crippen LogP contribution is -2.40. The zero-order valence-corrected chi connectivity index (χ0v) is 24.7. The second-order valence-corrected chi connectivity index (χ2v) is 11.6. The first kappa shape index (κ1) is 27.5. The molecule has 1 aliphatic heterocycles. The molecule has 5 aromatic rings. The highest BCUT2D eigenvalue weighted by molar-refractivity contribution is 5.91. The molecular weight excluding hydrogens is 528 g/mol. The molecule has 0 radical (unpaired) electrons. The number of rotatable bonds is 8. The molecule has 216 valence electrons. The van der Waals surface area contributed by atoms with Crippen molar-refractivity contribution < 1.29 is 14.3 Å². The van der Waals surface area contributed by atoms with Gasteiger partial charge in [-0.1, -0.05) is 20.8 Å². The van der Waals surface area contributed by atoms with Crippen molar-refractivity contribution in [2.24, 2.45) is 12.5 Å². The van der Waals surface area contributed by atoms with E-state index in [1.165, 1.54) is 0 Å². The summed E-state index contributed by atoms with van der Waals surface area (Å²) in [6, 6.07) is 17.7. The van der Waals surface area contributed by atoms with Crippen LogP contribution in [0.2, 0.25) is 0 Å². The average Bonchev–Trinajstić information content (AvgIpc) is 3.60. The fourth-order valence-electron chi connectivity index (χ4n) is 5.27. The smallest absolute Gasteiger partial charge is 0.228 e. The standard InChI is InChI=1S/C33H36N6O3/c1-6-33(3,4)32(40)39-14-13-25(18-39)41-23-8-10-27-26(16-23)31(35-19-34-27)37-22-7-12-30(21(2)15-22)42-24-9-11-29-28(17-24)36-20-38(29)5/h7-12,15-17,19-20,25H,6,13-14,18H2,1-5H3,(H,34,35,37)/t25-/m1/s1. The number of ether oxygens (including phenoxy) is 2. The van der Waals surface area contributed by atoms with Crippen LogP contribution in [-0.4, -0.2) is 49.5 Å². The zero-order valence-electron chi connectivity index (χ0n) is 24.7. The number of nitrogens with zero attached hydrogens (tertiary/aromatic N) is 5. The molecule has 2 aromatic heterocycles. The van der Waals surface area contributed by atoms with Gasteiger partial charge >= 0.3 is 0 Å². The first-order valence-corrected chi connectivity index (χ1v) is 14.4. The maximum absolute atomic E-state index is 12.9. The van der Waals surface area contributed by atoms with E-state index < -0.39 is 0 Å². The summed E-state index contributed by atoms with van der Waals surface area (Å²) in [4.78, 5) is 28.2. The van der Waals surface area contributed by atoms with E-state index in [9.17, 15) is 4.79 Å². The largest absolute Gasteiger partial charge is 0.488 e. The third kappa shape index (κ3) is 5.46. The van der Waals surface area contributed by atoms with Crippen molar-refractivity contribution in [1.29, 1.82) is 0 Å². The molecule has 0 aliphatic carbocycles. The van der Waals surface area contributed by atoms with Gasteiger partial charge in [0.2, 0.25) is 5.91 Å². The Balaban J connectivity index is 1.16. The zero-order chi connectivity index (χ0) is 29.4. The minimum absolute atomic E-state index is 0.0475. The molecule has 1 saturated heterocycles. The Labute approximate surface area is 245 Å². The number of nitrogens with one attached hydrogen (secondary N) is 1. The van der Waals surface area contributed by atoms with Crippen molar-refractivity contribution in [3.8, 4) is 17.2 Å². The number of imidazole rings is 1. The number of hydrogen-bond donors (Lipinski definition) is 1. The highest BCUT2D eigenvalue weighted by Gasteiger charge is 2.35. The number of amides is 1. The molecule has 0 saturated carbocycles. The van der Waals surface area contributed by atoms with Gasteiger partial charge in [0.15, 0.2) is 0 Å². The first-order chi connectivity index (χ1) is 20.2. The van der Waals surface area contributed by atoms with E-state index in [0.717, 1.165) is 63.3 Å². The van der Waals surface area contributed by atoms with Crippen molar-refractivity contribution in [3.05, 3.63) is 72.8 Å². The van der Waals surface area contributed by atoms with E-state index in [0.29, 0.717) is 18.9 Å². The van der Waals surface area contributed by atoms with Gasteiger partial charge in [0.05, 0.1) is 29.4 Å². The first-order valence-electron chi connectivity index (χ1n) is 14.4. The van der Waals surface area contributed by atoms with Crippen molar-refractivity contribution in [1.82, 2.24) is 24.4 Å². The van der Waals surface area contributed by atoms with Crippen LogP contribution in [0.1, 0.15) is 39.2 Å². The van der Waals surface area contributed by atoms with Gasteiger partial charge in [-0.2, -0.15) is 0 Å². The number of likely N-dealkylation sites (tertiary alicyclic amines) is 1. The molecule has 1 atom stereocenters. The number of benzene rings is 3. The Morgan fingerprint density at radius 1 is 1.02 bits per heavy atom. The van der Waals surface area contributed by atoms with E-state index in [4.69, 9.17) is 9.47 Å². The Morgan fingerprint density at radius 3 is 2.67 bits per heavy atom. The lowest BCUT2D eigenvalue weighted by molar-refractivity contribution is -0.139. The average molecular weight is 565 g/mol. The number of carbonyl (C=O) groups excluding carboxylic acids is 1. The van der Waals surface area contributed by atoms with E-state index in [2.05, 4.69) is 27.2 Å². The van der Waals surface area contributed by atoms with Gasteiger partial charge in [-0.05, 0) is 67.4 Å². The highest BCUT2D eigenvalue weighted by Crippen LogP contribution is 2.33. The van der Waals surface area contributed by atoms with E-state index in [-0.39, 0.29) is 17.4 Å². The summed E-state index contributed by atoms with van der Waals surface area (Å²) in [5, 5.41) is 4.30. The third-order valence-corrected chi connectivity index (χ3v) is 8.17. The van der Waals surface area contributed by atoms with E-state index >= 15 is 0 Å². The second kappa shape index (κ2) is 11.0. The molecule has 1 N–H and O–H groups in total. The number of hydrogen-bond acceptors (Lipinski definition) is 7. The Morgan fingerprint density at radius 2 is 1.86 bits per heavy atom. The molecule has 42 heavy (non-hydrogen) atoms. The van der Waals surface area contributed by atoms with Crippen LogP contribution in [0, 0.1) is 12.3 Å². The Kier molecular flexibility index (Phi) is 7.18. The van der Waals surface area contributed by atoms with Crippen LogP contribution in [0.4, 0.5) is 11.5 Å². The fourth-order valence-corrected chi connectivity index (χ4v) is 5.27. The van der Waals surface area contributed by atoms with Crippen LogP contribution in [0.15, 0.2) is 67.3 Å². The molecule has 0 unspecified atom stereocenters. The van der Waals surface area contributed by atoms with Crippen molar-refractivity contribution in [3.63, 3.8) is 0 Å². The summed E-state index contributed by atoms with van der Waals surface area (Å²) >= 11 is 0. The fraction of sp³-hybridized carbons (Fsp3) is 0.333. The SMILES string of the molecule is CCC(C)(C)C(=O)N1CC[C@@H](Oc2ccc3ncnc(Nc4ccc(Oc5ccc6c(c5)ncn6C)c(C)c4)c3c2)C1. The van der Waals surface area contributed by atoms with Gasteiger partial charge in [0.25, 0.3) is 0 Å². The van der Waals surface area contributed by atoms with Crippen LogP contribution < -0.4 is 14.8 Å². The third-order valence-electron chi connectivity index (χ3n) is 8.17. The number of carbonyl (C=O) groups is 1. The van der Waals surface area contributed by atoms with Crippen molar-refractivity contribution in [2.75, 3.05) is 18.4 Å². The van der Waals surface area contributed by atoms with Crippen molar-refractivity contribution >= 4 is 39.3 Å². The molecule has 1 amide bonds. The second-order valence-electron chi connectivity index (χ2n) is 11.6. The quantitative estimate of drug-likeness (QED) is 0.222. The maximum Gasteiger partial charge on any atom is 0.228 e. The predicted octanol–water partition coefficient (Wildman–Crippen LogP) is 6.78. The van der Waals surface area contributed by atoms with Gasteiger partial charge in [-0.25, -0.2) is 15.0 Å². The van der Waals surface area contributed by atoms with Gasteiger partial charge in [-0.15, -0.1) is 0 Å². The maximum atomic E-state index is 12.9.